The highest BCUT2D eigenvalue weighted by Gasteiger charge is 2.55. The van der Waals surface area contributed by atoms with Crippen LogP contribution in [-0.4, -0.2) is 6.54 Å². The Balaban J connectivity index is 1.09. The molecule has 0 saturated carbocycles. The average molecular weight is 740 g/mol. The van der Waals surface area contributed by atoms with Crippen LogP contribution in [0.2, 0.25) is 0 Å². The molecule has 0 bridgehead atoms. The molecule has 272 valence electrons. The molecule has 2 nitrogen and oxygen atoms in total. The molecule has 8 aromatic rings. The van der Waals surface area contributed by atoms with E-state index in [2.05, 4.69) is 205 Å². The minimum atomic E-state index is -0.856. The third-order valence-corrected chi connectivity index (χ3v) is 13.5. The van der Waals surface area contributed by atoms with Crippen LogP contribution in [0.15, 0.2) is 182 Å². The predicted molar refractivity (Wildman–Crippen MR) is 239 cm³/mol. The molecule has 0 saturated heterocycles. The second-order valence-electron chi connectivity index (χ2n) is 16.2. The first-order valence-electron chi connectivity index (χ1n) is 20.5. The Morgan fingerprint density at radius 2 is 1.14 bits per heavy atom. The van der Waals surface area contributed by atoms with E-state index in [1.165, 1.54) is 78.0 Å². The molecule has 8 aromatic carbocycles. The molecular weight excluding hydrogens is 703 g/mol. The van der Waals surface area contributed by atoms with Gasteiger partial charge in [-0.3, -0.25) is 0 Å². The lowest BCUT2D eigenvalue weighted by atomic mass is 9.68. The second-order valence-corrected chi connectivity index (χ2v) is 16.2. The molecule has 1 atom stereocenters. The van der Waals surface area contributed by atoms with Gasteiger partial charge in [0.05, 0.1) is 5.41 Å². The second kappa shape index (κ2) is 11.7. The number of para-hydroxylation sites is 1. The molecule has 2 heteroatoms. The third kappa shape index (κ3) is 4.02. The number of fused-ring (bicyclic) bond motifs is 13. The van der Waals surface area contributed by atoms with E-state index in [1.54, 1.807) is 0 Å². The summed E-state index contributed by atoms with van der Waals surface area (Å²) in [6, 6.07) is 60.5. The predicted octanol–water partition coefficient (Wildman–Crippen LogP) is 13.3. The largest absolute Gasteiger partial charge is 0.472 e. The van der Waals surface area contributed by atoms with Crippen molar-refractivity contribution in [2.45, 2.75) is 17.4 Å². The third-order valence-electron chi connectivity index (χ3n) is 13.5. The number of anilines is 2. The summed E-state index contributed by atoms with van der Waals surface area (Å²) in [4.78, 5) is 2.44. The first-order chi connectivity index (χ1) is 28.8. The Labute approximate surface area is 338 Å². The molecule has 0 N–H and O–H groups in total. The fourth-order valence-corrected chi connectivity index (χ4v) is 11.2. The van der Waals surface area contributed by atoms with Crippen LogP contribution in [0.3, 0.4) is 0 Å². The van der Waals surface area contributed by atoms with Gasteiger partial charge >= 0.3 is 0 Å². The van der Waals surface area contributed by atoms with E-state index < -0.39 is 11.0 Å². The normalized spacial score (nSPS) is 19.6. The van der Waals surface area contributed by atoms with Gasteiger partial charge in [-0.1, -0.05) is 176 Å². The van der Waals surface area contributed by atoms with Crippen molar-refractivity contribution in [2.24, 2.45) is 0 Å². The number of hydrogen-bond acceptors (Lipinski definition) is 2. The van der Waals surface area contributed by atoms with Crippen molar-refractivity contribution in [3.05, 3.63) is 238 Å². The van der Waals surface area contributed by atoms with Crippen molar-refractivity contribution in [1.29, 1.82) is 0 Å². The van der Waals surface area contributed by atoms with Crippen LogP contribution in [0.1, 0.15) is 55.6 Å². The van der Waals surface area contributed by atoms with Gasteiger partial charge in [-0.15, -0.1) is 0 Å². The number of rotatable bonds is 3. The van der Waals surface area contributed by atoms with Crippen molar-refractivity contribution in [2.75, 3.05) is 11.4 Å². The molecule has 2 aliphatic heterocycles. The summed E-state index contributed by atoms with van der Waals surface area (Å²) >= 11 is 0. The summed E-state index contributed by atoms with van der Waals surface area (Å²) in [5, 5.41) is 2.34. The van der Waals surface area contributed by atoms with Crippen LogP contribution in [0.4, 0.5) is 11.4 Å². The molecule has 0 fully saturated rings. The van der Waals surface area contributed by atoms with Gasteiger partial charge < -0.3 is 9.64 Å². The van der Waals surface area contributed by atoms with Crippen LogP contribution in [0, 0.1) is 0 Å². The highest BCUT2D eigenvalue weighted by molar-refractivity contribution is 6.12. The van der Waals surface area contributed by atoms with Gasteiger partial charge in [0, 0.05) is 40.0 Å². The zero-order valence-electron chi connectivity index (χ0n) is 31.8. The summed E-state index contributed by atoms with van der Waals surface area (Å²) in [5.74, 6) is 0.928. The fraction of sp³-hybridized carbons (Fsp3) is 0.0714. The number of benzene rings is 8. The molecule has 13 rings (SSSR count). The smallest absolute Gasteiger partial charge is 0.178 e. The zero-order chi connectivity index (χ0) is 38.0. The number of nitrogens with zero attached hydrogens (tertiary/aromatic N) is 1. The van der Waals surface area contributed by atoms with Gasteiger partial charge in [0.1, 0.15) is 5.75 Å². The van der Waals surface area contributed by atoms with E-state index in [0.717, 1.165) is 40.8 Å². The summed E-state index contributed by atoms with van der Waals surface area (Å²) in [7, 11) is 0. The number of allylic oxidation sites excluding steroid dienone is 2. The zero-order valence-corrected chi connectivity index (χ0v) is 31.8. The lowest BCUT2D eigenvalue weighted by Gasteiger charge is -2.39. The fourth-order valence-electron chi connectivity index (χ4n) is 11.2. The van der Waals surface area contributed by atoms with Crippen molar-refractivity contribution in [1.82, 2.24) is 0 Å². The first kappa shape index (κ1) is 32.0. The summed E-state index contributed by atoms with van der Waals surface area (Å²) in [6.45, 7) is 0.982. The Morgan fingerprint density at radius 1 is 0.500 bits per heavy atom. The van der Waals surface area contributed by atoms with E-state index >= 15 is 0 Å². The molecule has 3 aliphatic carbocycles. The SMILES string of the molecule is C1=Cc2cccc3c2-c2c(cccc2C32c3ccccc3-c3c2c2c(c4ccccc34)OC(c3ccccc3)(c3ccc(N4CCc5ccccc54)cc3)C=C2)C=C1. The van der Waals surface area contributed by atoms with Crippen molar-refractivity contribution in [3.63, 3.8) is 0 Å². The topological polar surface area (TPSA) is 12.5 Å². The Hall–Kier alpha value is -7.16. The minimum absolute atomic E-state index is 0.545. The molecule has 0 aromatic heterocycles. The van der Waals surface area contributed by atoms with E-state index in [-0.39, 0.29) is 0 Å². The van der Waals surface area contributed by atoms with Gasteiger partial charge in [-0.05, 0) is 97.3 Å². The summed E-state index contributed by atoms with van der Waals surface area (Å²) in [6.07, 6.45) is 14.7. The summed E-state index contributed by atoms with van der Waals surface area (Å²) < 4.78 is 7.81. The number of ether oxygens (including phenoxy) is 1. The summed E-state index contributed by atoms with van der Waals surface area (Å²) in [5.41, 5.74) is 18.9. The lowest BCUT2D eigenvalue weighted by Crippen LogP contribution is -2.35. The molecule has 0 radical (unpaired) electrons. The molecule has 1 unspecified atom stereocenters. The van der Waals surface area contributed by atoms with Gasteiger partial charge in [0.2, 0.25) is 0 Å². The standard InChI is InChI=1S/C56H37NO/c1-2-19-39(20-3-1)55(40-28-30-41(31-29-40)57-35-33-36-14-6-11-27-49(36)57)34-32-45-53-52(42-21-7-8-22-43(42)54(45)58-55)44-23-9-10-24-46(44)56(53)47-25-12-17-37-15-4-5-16-38-18-13-26-48(56)51(38)50(37)47/h1-32,34H,33,35H2. The van der Waals surface area contributed by atoms with Crippen molar-refractivity contribution < 1.29 is 4.74 Å². The lowest BCUT2D eigenvalue weighted by molar-refractivity contribution is 0.163. The van der Waals surface area contributed by atoms with Gasteiger partial charge in [-0.25, -0.2) is 0 Å². The van der Waals surface area contributed by atoms with Crippen LogP contribution >= 0.6 is 0 Å². The van der Waals surface area contributed by atoms with Crippen LogP contribution in [-0.2, 0) is 17.4 Å². The van der Waals surface area contributed by atoms with E-state index in [0.29, 0.717) is 0 Å². The van der Waals surface area contributed by atoms with Crippen LogP contribution in [0.5, 0.6) is 5.75 Å². The molecule has 2 heterocycles. The van der Waals surface area contributed by atoms with Crippen molar-refractivity contribution in [3.8, 4) is 28.0 Å². The molecule has 58 heavy (non-hydrogen) atoms. The van der Waals surface area contributed by atoms with Gasteiger partial charge in [0.15, 0.2) is 5.60 Å². The van der Waals surface area contributed by atoms with Gasteiger partial charge in [-0.2, -0.15) is 0 Å². The van der Waals surface area contributed by atoms with E-state index in [9.17, 15) is 0 Å². The Kier molecular flexibility index (Phi) is 6.45. The molecular formula is C56H37NO. The maximum atomic E-state index is 7.81. The Bertz CT molecular complexity index is 3090. The molecule has 1 spiro atoms. The van der Waals surface area contributed by atoms with Gasteiger partial charge in [0.25, 0.3) is 0 Å². The maximum absolute atomic E-state index is 7.81. The van der Waals surface area contributed by atoms with Crippen LogP contribution < -0.4 is 9.64 Å². The van der Waals surface area contributed by atoms with E-state index in [4.69, 9.17) is 4.74 Å². The number of hydrogen-bond donors (Lipinski definition) is 0. The quantitative estimate of drug-likeness (QED) is 0.179. The highest BCUT2D eigenvalue weighted by Crippen LogP contribution is 2.67. The highest BCUT2D eigenvalue weighted by atomic mass is 16.5. The first-order valence-corrected chi connectivity index (χ1v) is 20.5. The molecule has 5 aliphatic rings. The minimum Gasteiger partial charge on any atom is -0.472 e. The molecule has 0 amide bonds. The van der Waals surface area contributed by atoms with E-state index in [1.807, 2.05) is 0 Å². The van der Waals surface area contributed by atoms with Crippen LogP contribution in [0.25, 0.3) is 51.3 Å². The average Bonchev–Trinajstić information content (AvgIpc) is 3.95. The maximum Gasteiger partial charge on any atom is 0.178 e. The Morgan fingerprint density at radius 3 is 1.91 bits per heavy atom. The van der Waals surface area contributed by atoms with Crippen molar-refractivity contribution >= 4 is 40.4 Å². The monoisotopic (exact) mass is 739 g/mol.